The van der Waals surface area contributed by atoms with E-state index in [0.29, 0.717) is 32.0 Å². The third-order valence-electron chi connectivity index (χ3n) is 2.62. The summed E-state index contributed by atoms with van der Waals surface area (Å²) < 4.78 is 63.1. The highest BCUT2D eigenvalue weighted by molar-refractivity contribution is 5.88. The summed E-state index contributed by atoms with van der Waals surface area (Å²) in [5.74, 6) is -3.72. The molecule has 1 heterocycles. The van der Waals surface area contributed by atoms with Gasteiger partial charge < -0.3 is 14.7 Å². The van der Waals surface area contributed by atoms with Gasteiger partial charge in [-0.25, -0.2) is 13.6 Å². The van der Waals surface area contributed by atoms with Crippen LogP contribution < -0.4 is 4.90 Å². The van der Waals surface area contributed by atoms with Crippen LogP contribution in [0, 0.1) is 11.6 Å². The number of halogens is 5. The summed E-state index contributed by atoms with van der Waals surface area (Å²) in [6.45, 7) is 2.23. The van der Waals surface area contributed by atoms with E-state index in [9.17, 15) is 26.7 Å². The number of rotatable bonds is 2. The van der Waals surface area contributed by atoms with Crippen molar-refractivity contribution in [3.05, 3.63) is 29.3 Å². The average Bonchev–Trinajstić information content (AvgIpc) is 2.36. The minimum Gasteiger partial charge on any atom is -0.477 e. The Kier molecular flexibility index (Phi) is 6.10. The van der Waals surface area contributed by atoms with Crippen LogP contribution in [-0.4, -0.2) is 43.6 Å². The van der Waals surface area contributed by atoms with E-state index in [1.165, 1.54) is 0 Å². The Bertz CT molecular complexity index is 498. The van der Waals surface area contributed by atoms with Crippen LogP contribution in [0.4, 0.5) is 27.6 Å². The monoisotopic (exact) mass is 327 g/mol. The summed E-state index contributed by atoms with van der Waals surface area (Å²) in [4.78, 5) is 12.4. The lowest BCUT2D eigenvalue weighted by molar-refractivity contribution is -0.110. The molecule has 1 aliphatic rings. The number of morpholine rings is 1. The Balaban J connectivity index is 0.000000422. The van der Waals surface area contributed by atoms with Gasteiger partial charge in [-0.15, -0.1) is 0 Å². The second-order valence-corrected chi connectivity index (χ2v) is 4.47. The lowest BCUT2D eigenvalue weighted by Gasteiger charge is -2.29. The number of alkyl halides is 3. The van der Waals surface area contributed by atoms with Gasteiger partial charge in [0.2, 0.25) is 0 Å². The summed E-state index contributed by atoms with van der Waals surface area (Å²) in [6.07, 6.45) is -4.00. The largest absolute Gasteiger partial charge is 0.477 e. The average molecular weight is 327 g/mol. The van der Waals surface area contributed by atoms with Crippen LogP contribution in [0.3, 0.4) is 0 Å². The van der Waals surface area contributed by atoms with Crippen molar-refractivity contribution < 1.29 is 36.6 Å². The Morgan fingerprint density at radius 2 is 1.59 bits per heavy atom. The molecular weight excluding hydrogens is 313 g/mol. The molecule has 0 spiro atoms. The third-order valence-corrected chi connectivity index (χ3v) is 2.62. The number of aromatic carboxylic acids is 1. The highest BCUT2D eigenvalue weighted by Crippen LogP contribution is 2.23. The second kappa shape index (κ2) is 7.39. The summed E-state index contributed by atoms with van der Waals surface area (Å²) in [5, 5.41) is 8.63. The van der Waals surface area contributed by atoms with Gasteiger partial charge >= 0.3 is 12.1 Å². The molecule has 22 heavy (non-hydrogen) atoms. The van der Waals surface area contributed by atoms with E-state index in [1.54, 1.807) is 4.90 Å². The number of hydrogen-bond acceptors (Lipinski definition) is 3. The van der Waals surface area contributed by atoms with Crippen LogP contribution in [-0.2, 0) is 4.74 Å². The molecule has 1 N–H and O–H groups in total. The fourth-order valence-electron chi connectivity index (χ4n) is 1.77. The van der Waals surface area contributed by atoms with Crippen LogP contribution in [0.25, 0.3) is 0 Å². The van der Waals surface area contributed by atoms with E-state index < -0.39 is 29.3 Å². The van der Waals surface area contributed by atoms with E-state index in [-0.39, 0.29) is 6.92 Å². The van der Waals surface area contributed by atoms with Crippen molar-refractivity contribution in [1.82, 2.24) is 0 Å². The van der Waals surface area contributed by atoms with Crippen molar-refractivity contribution in [1.29, 1.82) is 0 Å². The van der Waals surface area contributed by atoms with Gasteiger partial charge in [0, 0.05) is 25.7 Å². The minimum atomic E-state index is -4.00. The van der Waals surface area contributed by atoms with Gasteiger partial charge in [-0.2, -0.15) is 13.2 Å². The van der Waals surface area contributed by atoms with E-state index >= 15 is 0 Å². The zero-order valence-electron chi connectivity index (χ0n) is 11.6. The number of benzene rings is 1. The minimum absolute atomic E-state index is 0.188. The lowest BCUT2D eigenvalue weighted by atomic mass is 10.1. The summed E-state index contributed by atoms with van der Waals surface area (Å²) >= 11 is 0. The fraction of sp³-hybridized carbons (Fsp3) is 0.462. The standard InChI is InChI=1S/C11H11F2NO3.C2H3F3/c12-8-5-7(14-1-3-17-4-2-14)6-9(13)10(8)11(15)16;1-2(3,4)5/h5-6H,1-4H2,(H,15,16);1H3. The molecule has 0 amide bonds. The summed E-state index contributed by atoms with van der Waals surface area (Å²) in [6, 6.07) is 2.08. The first-order valence-electron chi connectivity index (χ1n) is 6.21. The molecule has 1 aliphatic heterocycles. The van der Waals surface area contributed by atoms with Crippen molar-refractivity contribution in [3.63, 3.8) is 0 Å². The molecule has 1 aromatic rings. The molecule has 0 aromatic heterocycles. The molecule has 2 rings (SSSR count). The highest BCUT2D eigenvalue weighted by Gasteiger charge is 2.20. The fourth-order valence-corrected chi connectivity index (χ4v) is 1.77. The molecule has 9 heteroatoms. The molecule has 1 saturated heterocycles. The van der Waals surface area contributed by atoms with Crippen LogP contribution >= 0.6 is 0 Å². The summed E-state index contributed by atoms with van der Waals surface area (Å²) in [5.41, 5.74) is -0.574. The number of nitrogens with zero attached hydrogens (tertiary/aromatic N) is 1. The predicted octanol–water partition coefficient (Wildman–Crippen LogP) is 3.07. The predicted molar refractivity (Wildman–Crippen MR) is 68.1 cm³/mol. The topological polar surface area (TPSA) is 49.8 Å². The van der Waals surface area contributed by atoms with Crippen LogP contribution in [0.2, 0.25) is 0 Å². The van der Waals surface area contributed by atoms with Gasteiger partial charge in [0.15, 0.2) is 0 Å². The maximum atomic E-state index is 13.4. The molecule has 1 fully saturated rings. The van der Waals surface area contributed by atoms with Gasteiger partial charge in [-0.1, -0.05) is 0 Å². The molecular formula is C13H14F5NO3. The first-order valence-corrected chi connectivity index (χ1v) is 6.21. The first-order chi connectivity index (χ1) is 10.1. The van der Waals surface area contributed by atoms with E-state index in [2.05, 4.69) is 0 Å². The second-order valence-electron chi connectivity index (χ2n) is 4.47. The van der Waals surface area contributed by atoms with E-state index in [0.717, 1.165) is 12.1 Å². The van der Waals surface area contributed by atoms with Crippen LogP contribution in [0.1, 0.15) is 17.3 Å². The van der Waals surface area contributed by atoms with Crippen molar-refractivity contribution in [2.24, 2.45) is 0 Å². The van der Waals surface area contributed by atoms with E-state index in [4.69, 9.17) is 9.84 Å². The van der Waals surface area contributed by atoms with Crippen molar-refractivity contribution in [2.45, 2.75) is 13.1 Å². The molecule has 0 unspecified atom stereocenters. The molecule has 0 aliphatic carbocycles. The quantitative estimate of drug-likeness (QED) is 0.848. The Morgan fingerprint density at radius 1 is 1.18 bits per heavy atom. The third kappa shape index (κ3) is 5.84. The first kappa shape index (κ1) is 18.1. The number of anilines is 1. The normalized spacial score (nSPS) is 15.1. The number of hydrogen-bond donors (Lipinski definition) is 1. The van der Waals surface area contributed by atoms with Gasteiger partial charge in [-0.3, -0.25) is 0 Å². The maximum Gasteiger partial charge on any atom is 0.386 e. The molecule has 124 valence electrons. The Hall–Kier alpha value is -1.90. The molecule has 4 nitrogen and oxygen atoms in total. The SMILES string of the molecule is CC(F)(F)F.O=C(O)c1c(F)cc(N2CCOCC2)cc1F. The van der Waals surface area contributed by atoms with Gasteiger partial charge in [-0.05, 0) is 12.1 Å². The summed E-state index contributed by atoms with van der Waals surface area (Å²) in [7, 11) is 0. The molecule has 0 radical (unpaired) electrons. The van der Waals surface area contributed by atoms with Crippen molar-refractivity contribution in [2.75, 3.05) is 31.2 Å². The van der Waals surface area contributed by atoms with E-state index in [1.807, 2.05) is 0 Å². The van der Waals surface area contributed by atoms with Gasteiger partial charge in [0.05, 0.1) is 13.2 Å². The molecule has 0 atom stereocenters. The smallest absolute Gasteiger partial charge is 0.386 e. The molecule has 0 bridgehead atoms. The number of ether oxygens (including phenoxy) is 1. The number of carbonyl (C=O) groups is 1. The zero-order valence-corrected chi connectivity index (χ0v) is 11.6. The molecule has 0 saturated carbocycles. The van der Waals surface area contributed by atoms with Crippen LogP contribution in [0.15, 0.2) is 12.1 Å². The van der Waals surface area contributed by atoms with Gasteiger partial charge in [0.25, 0.3) is 0 Å². The molecule has 1 aromatic carbocycles. The highest BCUT2D eigenvalue weighted by atomic mass is 19.4. The van der Waals surface area contributed by atoms with Gasteiger partial charge in [0.1, 0.15) is 17.2 Å². The Morgan fingerprint density at radius 3 is 1.95 bits per heavy atom. The van der Waals surface area contributed by atoms with Crippen LogP contribution in [0.5, 0.6) is 0 Å². The lowest BCUT2D eigenvalue weighted by Crippen LogP contribution is -2.36. The maximum absolute atomic E-state index is 13.4. The Labute approximate surface area is 123 Å². The number of carboxylic acids is 1. The zero-order chi connectivity index (χ0) is 16.9. The number of carboxylic acid groups (broad SMARTS) is 1. The van der Waals surface area contributed by atoms with Crippen molar-refractivity contribution in [3.8, 4) is 0 Å². The van der Waals surface area contributed by atoms with Crippen molar-refractivity contribution >= 4 is 11.7 Å².